The van der Waals surface area contributed by atoms with Gasteiger partial charge in [0.15, 0.2) is 0 Å². The van der Waals surface area contributed by atoms with Crippen molar-refractivity contribution in [2.45, 2.75) is 38.6 Å². The summed E-state index contributed by atoms with van der Waals surface area (Å²) in [6.07, 6.45) is 7.33. The van der Waals surface area contributed by atoms with Crippen LogP contribution < -0.4 is 0 Å². The van der Waals surface area contributed by atoms with Crippen molar-refractivity contribution in [1.29, 1.82) is 0 Å². The van der Waals surface area contributed by atoms with Gasteiger partial charge in [-0.05, 0) is 49.9 Å². The Bertz CT molecular complexity index is 898. The smallest absolute Gasteiger partial charge is 0.254 e. The van der Waals surface area contributed by atoms with E-state index in [-0.39, 0.29) is 5.41 Å². The molecule has 2 aromatic rings. The summed E-state index contributed by atoms with van der Waals surface area (Å²) in [4.78, 5) is 6.48. The molecule has 2 atom stereocenters. The van der Waals surface area contributed by atoms with Gasteiger partial charge < -0.3 is 9.41 Å². The second-order valence-electron chi connectivity index (χ2n) is 7.55. The number of piperidine rings is 1. The Morgan fingerprint density at radius 1 is 1.29 bits per heavy atom. The van der Waals surface area contributed by atoms with E-state index in [2.05, 4.69) is 51.6 Å². The molecule has 0 unspecified atom stereocenters. The van der Waals surface area contributed by atoms with Crippen LogP contribution in [-0.2, 0) is 6.42 Å². The molecular weight excluding hydrogens is 294 g/mol. The predicted molar refractivity (Wildman–Crippen MR) is 97.7 cm³/mol. The Balaban J connectivity index is 1.88. The molecule has 1 aromatic carbocycles. The van der Waals surface area contributed by atoms with Crippen LogP contribution in [0.25, 0.3) is 21.4 Å². The van der Waals surface area contributed by atoms with Crippen molar-refractivity contribution in [2.24, 2.45) is 5.41 Å². The Kier molecular flexibility index (Phi) is 2.96. The standard InChI is InChI=1S/C21H23N3/c1-3-21-10-6-11-23-12-9-17-16-7-4-5-8-18(16)24(19(17)20(21)23)15(13-21)14-22-2/h4-5,7-8,13,20H,3,6,9-12,14H2,1H3/t20-,21+/m1/s1. The second kappa shape index (κ2) is 4.97. The van der Waals surface area contributed by atoms with E-state index < -0.39 is 0 Å². The molecule has 0 aliphatic carbocycles. The lowest BCUT2D eigenvalue weighted by Gasteiger charge is -2.53. The first-order valence-electron chi connectivity index (χ1n) is 9.20. The van der Waals surface area contributed by atoms with Crippen LogP contribution in [0.1, 0.15) is 43.5 Å². The monoisotopic (exact) mass is 317 g/mol. The summed E-state index contributed by atoms with van der Waals surface area (Å²) in [5, 5.41) is 1.40. The zero-order valence-electron chi connectivity index (χ0n) is 14.3. The fourth-order valence-electron chi connectivity index (χ4n) is 5.59. The van der Waals surface area contributed by atoms with E-state index in [0.717, 1.165) is 12.8 Å². The Morgan fingerprint density at radius 3 is 3.00 bits per heavy atom. The Labute approximate surface area is 143 Å². The number of para-hydroxylation sites is 1. The zero-order chi connectivity index (χ0) is 16.3. The highest BCUT2D eigenvalue weighted by atomic mass is 15.2. The van der Waals surface area contributed by atoms with Crippen molar-refractivity contribution < 1.29 is 0 Å². The third kappa shape index (κ3) is 1.65. The molecule has 4 heterocycles. The Morgan fingerprint density at radius 2 is 2.17 bits per heavy atom. The van der Waals surface area contributed by atoms with Crippen molar-refractivity contribution >= 4 is 16.6 Å². The summed E-state index contributed by atoms with van der Waals surface area (Å²) in [5.74, 6) is 0. The highest BCUT2D eigenvalue weighted by Crippen LogP contribution is 2.56. The van der Waals surface area contributed by atoms with Crippen molar-refractivity contribution in [3.63, 3.8) is 0 Å². The molecule has 3 aliphatic rings. The molecule has 3 heteroatoms. The number of fused-ring (bicyclic) bond motifs is 3. The summed E-state index contributed by atoms with van der Waals surface area (Å²) in [5.41, 5.74) is 5.78. The van der Waals surface area contributed by atoms with E-state index in [1.807, 2.05) is 0 Å². The molecule has 3 nitrogen and oxygen atoms in total. The zero-order valence-corrected chi connectivity index (χ0v) is 14.3. The van der Waals surface area contributed by atoms with Crippen LogP contribution in [0.2, 0.25) is 0 Å². The first-order chi connectivity index (χ1) is 11.8. The van der Waals surface area contributed by atoms with Crippen LogP contribution in [-0.4, -0.2) is 29.1 Å². The van der Waals surface area contributed by atoms with Crippen LogP contribution in [0.3, 0.4) is 0 Å². The van der Waals surface area contributed by atoms with Crippen LogP contribution in [0.15, 0.2) is 30.3 Å². The largest absolute Gasteiger partial charge is 0.310 e. The molecule has 0 saturated carbocycles. The van der Waals surface area contributed by atoms with E-state index >= 15 is 0 Å². The van der Waals surface area contributed by atoms with E-state index in [4.69, 9.17) is 6.57 Å². The Hall–Kier alpha value is -2.05. The lowest BCUT2D eigenvalue weighted by molar-refractivity contribution is 0.0269. The summed E-state index contributed by atoms with van der Waals surface area (Å²) < 4.78 is 2.44. The molecule has 0 N–H and O–H groups in total. The van der Waals surface area contributed by atoms with Gasteiger partial charge in [0.05, 0.1) is 17.3 Å². The summed E-state index contributed by atoms with van der Waals surface area (Å²) in [7, 11) is 0. The van der Waals surface area contributed by atoms with Crippen LogP contribution >= 0.6 is 0 Å². The first kappa shape index (κ1) is 14.3. The van der Waals surface area contributed by atoms with Gasteiger partial charge in [-0.3, -0.25) is 4.90 Å². The molecule has 24 heavy (non-hydrogen) atoms. The predicted octanol–water partition coefficient (Wildman–Crippen LogP) is 4.50. The minimum absolute atomic E-state index is 0.220. The fraction of sp³-hybridized carbons (Fsp3) is 0.476. The van der Waals surface area contributed by atoms with Crippen LogP contribution in [0, 0.1) is 12.0 Å². The number of benzene rings is 1. The lowest BCUT2D eigenvalue weighted by Crippen LogP contribution is -2.50. The number of nitrogens with zero attached hydrogens (tertiary/aromatic N) is 3. The molecule has 0 spiro atoms. The molecule has 0 bridgehead atoms. The van der Waals surface area contributed by atoms with Gasteiger partial charge in [0.1, 0.15) is 0 Å². The van der Waals surface area contributed by atoms with E-state index in [1.165, 1.54) is 48.2 Å². The second-order valence-corrected chi connectivity index (χ2v) is 7.55. The van der Waals surface area contributed by atoms with Gasteiger partial charge in [0, 0.05) is 23.0 Å². The fourth-order valence-corrected chi connectivity index (χ4v) is 5.59. The molecule has 0 amide bonds. The summed E-state index contributed by atoms with van der Waals surface area (Å²) in [6.45, 7) is 12.7. The van der Waals surface area contributed by atoms with Gasteiger partial charge in [-0.1, -0.05) is 25.1 Å². The van der Waals surface area contributed by atoms with Crippen molar-refractivity contribution in [1.82, 2.24) is 9.47 Å². The number of rotatable bonds is 2. The molecule has 0 radical (unpaired) electrons. The van der Waals surface area contributed by atoms with E-state index in [1.54, 1.807) is 5.56 Å². The minimum Gasteiger partial charge on any atom is -0.310 e. The quantitative estimate of drug-likeness (QED) is 0.743. The molecule has 1 aromatic heterocycles. The van der Waals surface area contributed by atoms with Gasteiger partial charge in [0.25, 0.3) is 6.54 Å². The van der Waals surface area contributed by atoms with Crippen LogP contribution in [0.5, 0.6) is 0 Å². The third-order valence-corrected chi connectivity index (χ3v) is 6.57. The molecule has 1 saturated heterocycles. The van der Waals surface area contributed by atoms with E-state index in [0.29, 0.717) is 12.6 Å². The minimum atomic E-state index is 0.220. The SMILES string of the molecule is [C-]#[N+]CC1=C[C@]2(CC)CCCN3CCc4c(n1c1ccccc41)[C@@H]32. The highest BCUT2D eigenvalue weighted by Gasteiger charge is 2.50. The molecule has 5 rings (SSSR count). The maximum absolute atomic E-state index is 7.46. The van der Waals surface area contributed by atoms with Gasteiger partial charge in [-0.15, -0.1) is 0 Å². The van der Waals surface area contributed by atoms with Gasteiger partial charge in [-0.25, -0.2) is 6.57 Å². The highest BCUT2D eigenvalue weighted by molar-refractivity contribution is 5.90. The molecule has 1 fully saturated rings. The normalized spacial score (nSPS) is 28.3. The number of hydrogen-bond acceptors (Lipinski definition) is 1. The van der Waals surface area contributed by atoms with Crippen molar-refractivity contribution in [3.05, 3.63) is 53.0 Å². The van der Waals surface area contributed by atoms with Gasteiger partial charge in [-0.2, -0.15) is 0 Å². The van der Waals surface area contributed by atoms with Gasteiger partial charge in [0.2, 0.25) is 0 Å². The third-order valence-electron chi connectivity index (χ3n) is 6.57. The van der Waals surface area contributed by atoms with Gasteiger partial charge >= 0.3 is 0 Å². The number of aromatic nitrogens is 1. The van der Waals surface area contributed by atoms with Crippen molar-refractivity contribution in [2.75, 3.05) is 19.6 Å². The maximum atomic E-state index is 7.46. The summed E-state index contributed by atoms with van der Waals surface area (Å²) >= 11 is 0. The number of hydrogen-bond donors (Lipinski definition) is 0. The lowest BCUT2D eigenvalue weighted by atomic mass is 9.66. The van der Waals surface area contributed by atoms with Crippen molar-refractivity contribution in [3.8, 4) is 0 Å². The molecule has 3 aliphatic heterocycles. The first-order valence-corrected chi connectivity index (χ1v) is 9.20. The molecular formula is C21H23N3. The average Bonchev–Trinajstić information content (AvgIpc) is 2.96. The topological polar surface area (TPSA) is 12.5 Å². The molecule has 122 valence electrons. The van der Waals surface area contributed by atoms with Crippen LogP contribution in [0.4, 0.5) is 0 Å². The average molecular weight is 317 g/mol. The summed E-state index contributed by atoms with van der Waals surface area (Å²) in [6, 6.07) is 9.30. The maximum Gasteiger partial charge on any atom is 0.254 e. The van der Waals surface area contributed by atoms with E-state index in [9.17, 15) is 0 Å².